The minimum absolute atomic E-state index is 0.0482. The van der Waals surface area contributed by atoms with Crippen molar-refractivity contribution in [3.05, 3.63) is 0 Å². The third-order valence-corrected chi connectivity index (χ3v) is 3.61. The van der Waals surface area contributed by atoms with E-state index >= 15 is 0 Å². The number of hydrogen-bond acceptors (Lipinski definition) is 5. The molecule has 3 saturated heterocycles. The summed E-state index contributed by atoms with van der Waals surface area (Å²) in [4.78, 5) is 24.5. The van der Waals surface area contributed by atoms with Gasteiger partial charge in [-0.1, -0.05) is 0 Å². The van der Waals surface area contributed by atoms with E-state index in [9.17, 15) is 9.59 Å². The molecule has 0 aliphatic carbocycles. The van der Waals surface area contributed by atoms with E-state index in [1.807, 2.05) is 0 Å². The van der Waals surface area contributed by atoms with Crippen LogP contribution in [-0.4, -0.2) is 61.9 Å². The first-order valence-electron chi connectivity index (χ1n) is 5.75. The zero-order valence-corrected chi connectivity index (χ0v) is 9.79. The highest BCUT2D eigenvalue weighted by molar-refractivity contribution is 5.81. The van der Waals surface area contributed by atoms with Crippen molar-refractivity contribution < 1.29 is 23.8 Å². The predicted molar refractivity (Wildman–Crippen MR) is 55.1 cm³/mol. The number of carbonyl (C=O) groups excluding carboxylic acids is 2. The van der Waals surface area contributed by atoms with Crippen molar-refractivity contribution in [1.29, 1.82) is 0 Å². The van der Waals surface area contributed by atoms with Gasteiger partial charge in [0.05, 0.1) is 12.0 Å². The van der Waals surface area contributed by atoms with Gasteiger partial charge in [0.2, 0.25) is 0 Å². The van der Waals surface area contributed by atoms with Crippen molar-refractivity contribution in [2.45, 2.75) is 30.8 Å². The summed E-state index contributed by atoms with van der Waals surface area (Å²) in [7, 11) is 3.25. The molecule has 3 rings (SSSR count). The molecule has 17 heavy (non-hydrogen) atoms. The first kappa shape index (κ1) is 11.0. The van der Waals surface area contributed by atoms with Crippen LogP contribution in [0.3, 0.4) is 0 Å². The van der Waals surface area contributed by atoms with E-state index in [0.717, 1.165) is 0 Å². The van der Waals surface area contributed by atoms with Gasteiger partial charge in [-0.3, -0.25) is 9.59 Å². The highest BCUT2D eigenvalue weighted by Crippen LogP contribution is 2.51. The standard InChI is InChI=1S/C11H15NO5/c1-12(2)7(13)4-15-11(14)5-3-6-9-10(17-9)8(5)16-6/h5-6,8-10H,3-4H2,1-2H3/t5-,6-,8+,9+,10-/m0/s1. The van der Waals surface area contributed by atoms with Crippen LogP contribution in [0.2, 0.25) is 0 Å². The van der Waals surface area contributed by atoms with Crippen LogP contribution in [0.4, 0.5) is 0 Å². The Hall–Kier alpha value is -1.14. The molecule has 0 radical (unpaired) electrons. The SMILES string of the molecule is CN(C)C(=O)COC(=O)[C@H]1C[C@@H]2O[C@H]1[C@@H]1O[C@@H]12. The molecule has 3 heterocycles. The molecule has 0 aromatic carbocycles. The molecule has 0 spiro atoms. The van der Waals surface area contributed by atoms with E-state index in [-0.39, 0.29) is 48.8 Å². The van der Waals surface area contributed by atoms with Gasteiger partial charge < -0.3 is 19.1 Å². The van der Waals surface area contributed by atoms with Gasteiger partial charge >= 0.3 is 5.97 Å². The lowest BCUT2D eigenvalue weighted by Gasteiger charge is -2.16. The molecule has 3 fully saturated rings. The monoisotopic (exact) mass is 241 g/mol. The number of carbonyl (C=O) groups is 2. The molecular formula is C11H15NO5. The molecule has 6 heteroatoms. The summed E-state index contributed by atoms with van der Waals surface area (Å²) in [6.45, 7) is -0.200. The molecule has 0 N–H and O–H groups in total. The summed E-state index contributed by atoms with van der Waals surface area (Å²) in [5, 5.41) is 0. The first-order chi connectivity index (χ1) is 8.08. The van der Waals surface area contributed by atoms with Crippen LogP contribution in [0, 0.1) is 5.92 Å². The van der Waals surface area contributed by atoms with E-state index in [4.69, 9.17) is 14.2 Å². The van der Waals surface area contributed by atoms with Crippen molar-refractivity contribution in [2.75, 3.05) is 20.7 Å². The molecule has 1 amide bonds. The lowest BCUT2D eigenvalue weighted by Crippen LogP contribution is -2.34. The maximum absolute atomic E-state index is 11.8. The molecule has 0 saturated carbocycles. The van der Waals surface area contributed by atoms with Crippen LogP contribution < -0.4 is 0 Å². The molecule has 3 aliphatic rings. The number of rotatable bonds is 3. The summed E-state index contributed by atoms with van der Waals surface area (Å²) < 4.78 is 16.0. The highest BCUT2D eigenvalue weighted by atomic mass is 16.7. The number of nitrogens with zero attached hydrogens (tertiary/aromatic N) is 1. The largest absolute Gasteiger partial charge is 0.455 e. The quantitative estimate of drug-likeness (QED) is 0.476. The van der Waals surface area contributed by atoms with Gasteiger partial charge in [-0.15, -0.1) is 0 Å². The number of epoxide rings is 1. The fourth-order valence-corrected chi connectivity index (χ4v) is 2.55. The third-order valence-electron chi connectivity index (χ3n) is 3.61. The third kappa shape index (κ3) is 1.71. The minimum Gasteiger partial charge on any atom is -0.455 e. The molecule has 0 aromatic heterocycles. The second-order valence-corrected chi connectivity index (χ2v) is 4.94. The number of hydrogen-bond donors (Lipinski definition) is 0. The Morgan fingerprint density at radius 3 is 2.59 bits per heavy atom. The van der Waals surface area contributed by atoms with Crippen molar-refractivity contribution in [2.24, 2.45) is 5.92 Å². The van der Waals surface area contributed by atoms with Crippen molar-refractivity contribution >= 4 is 11.9 Å². The van der Waals surface area contributed by atoms with E-state index in [0.29, 0.717) is 6.42 Å². The number of amides is 1. The van der Waals surface area contributed by atoms with E-state index in [1.54, 1.807) is 14.1 Å². The number of likely N-dealkylation sites (N-methyl/N-ethyl adjacent to an activating group) is 1. The van der Waals surface area contributed by atoms with Crippen LogP contribution in [0.1, 0.15) is 6.42 Å². The van der Waals surface area contributed by atoms with Crippen LogP contribution >= 0.6 is 0 Å². The van der Waals surface area contributed by atoms with Crippen LogP contribution in [0.5, 0.6) is 0 Å². The van der Waals surface area contributed by atoms with Gasteiger partial charge in [0.15, 0.2) is 6.61 Å². The normalized spacial score (nSPS) is 40.9. The first-order valence-corrected chi connectivity index (χ1v) is 5.75. The Morgan fingerprint density at radius 1 is 1.24 bits per heavy atom. The highest BCUT2D eigenvalue weighted by Gasteiger charge is 2.66. The number of fused-ring (bicyclic) bond motifs is 5. The fourth-order valence-electron chi connectivity index (χ4n) is 2.55. The van der Waals surface area contributed by atoms with Gasteiger partial charge in [0.1, 0.15) is 18.3 Å². The summed E-state index contributed by atoms with van der Waals surface area (Å²) >= 11 is 0. The summed E-state index contributed by atoms with van der Waals surface area (Å²) in [5.41, 5.74) is 0. The second-order valence-electron chi connectivity index (χ2n) is 4.94. The molecule has 6 nitrogen and oxygen atoms in total. The zero-order valence-electron chi connectivity index (χ0n) is 9.79. The van der Waals surface area contributed by atoms with Gasteiger partial charge in [-0.2, -0.15) is 0 Å². The average Bonchev–Trinajstić information content (AvgIpc) is 2.91. The maximum atomic E-state index is 11.8. The van der Waals surface area contributed by atoms with Crippen molar-refractivity contribution in [3.63, 3.8) is 0 Å². The van der Waals surface area contributed by atoms with Gasteiger partial charge in [0, 0.05) is 14.1 Å². The zero-order chi connectivity index (χ0) is 12.2. The second kappa shape index (κ2) is 3.68. The summed E-state index contributed by atoms with van der Waals surface area (Å²) in [6, 6.07) is 0. The van der Waals surface area contributed by atoms with Crippen molar-refractivity contribution in [1.82, 2.24) is 4.90 Å². The van der Waals surface area contributed by atoms with Crippen LogP contribution in [-0.2, 0) is 23.8 Å². The topological polar surface area (TPSA) is 68.4 Å². The Kier molecular flexibility index (Phi) is 2.38. The maximum Gasteiger partial charge on any atom is 0.312 e. The van der Waals surface area contributed by atoms with E-state index < -0.39 is 0 Å². The molecule has 94 valence electrons. The Morgan fingerprint density at radius 2 is 2.00 bits per heavy atom. The van der Waals surface area contributed by atoms with E-state index in [1.165, 1.54) is 4.90 Å². The Labute approximate surface area is 98.8 Å². The van der Waals surface area contributed by atoms with Crippen LogP contribution in [0.25, 0.3) is 0 Å². The fraction of sp³-hybridized carbons (Fsp3) is 0.818. The molecule has 2 bridgehead atoms. The van der Waals surface area contributed by atoms with Gasteiger partial charge in [-0.05, 0) is 6.42 Å². The summed E-state index contributed by atoms with van der Waals surface area (Å²) in [5.74, 6) is -0.830. The smallest absolute Gasteiger partial charge is 0.312 e. The van der Waals surface area contributed by atoms with Crippen molar-refractivity contribution in [3.8, 4) is 0 Å². The van der Waals surface area contributed by atoms with Crippen LogP contribution in [0.15, 0.2) is 0 Å². The molecule has 0 aromatic rings. The molecule has 5 atom stereocenters. The van der Waals surface area contributed by atoms with E-state index in [2.05, 4.69) is 0 Å². The number of ether oxygens (including phenoxy) is 3. The molecular weight excluding hydrogens is 226 g/mol. The van der Waals surface area contributed by atoms with Gasteiger partial charge in [0.25, 0.3) is 5.91 Å². The molecule has 0 unspecified atom stereocenters. The summed E-state index contributed by atoms with van der Waals surface area (Å²) in [6.07, 6.45) is 0.822. The minimum atomic E-state index is -0.346. The lowest BCUT2D eigenvalue weighted by molar-refractivity contribution is -0.156. The molecule has 3 aliphatic heterocycles. The number of esters is 1. The van der Waals surface area contributed by atoms with Gasteiger partial charge in [-0.25, -0.2) is 0 Å². The predicted octanol–water partition coefficient (Wildman–Crippen LogP) is -0.827. The average molecular weight is 241 g/mol. The Bertz CT molecular complexity index is 369. The lowest BCUT2D eigenvalue weighted by atomic mass is 9.89. The Balaban J connectivity index is 1.52.